The minimum absolute atomic E-state index is 0.0244. The van der Waals surface area contributed by atoms with E-state index in [0.29, 0.717) is 24.5 Å². The molecule has 2 amide bonds. The lowest BCUT2D eigenvalue weighted by Gasteiger charge is -2.26. The zero-order valence-corrected chi connectivity index (χ0v) is 10.0. The average molecular weight is 254 g/mol. The second kappa shape index (κ2) is 5.26. The summed E-state index contributed by atoms with van der Waals surface area (Å²) >= 11 is 1.35. The number of nitrogens with two attached hydrogens (primary N) is 1. The Morgan fingerprint density at radius 1 is 1.65 bits per heavy atom. The van der Waals surface area contributed by atoms with Gasteiger partial charge in [-0.3, -0.25) is 19.9 Å². The van der Waals surface area contributed by atoms with Crippen molar-refractivity contribution in [3.63, 3.8) is 0 Å². The number of thiophene rings is 1. The molecule has 0 spiro atoms. The van der Waals surface area contributed by atoms with E-state index in [1.807, 2.05) is 16.3 Å². The van der Waals surface area contributed by atoms with Gasteiger partial charge in [0.2, 0.25) is 5.91 Å². The fraction of sp³-hybridized carbons (Fsp3) is 0.400. The topological polar surface area (TPSA) is 87.5 Å². The van der Waals surface area contributed by atoms with Crippen LogP contribution in [-0.2, 0) is 11.3 Å². The molecule has 1 aliphatic rings. The molecule has 0 aliphatic carbocycles. The fourth-order valence-electron chi connectivity index (χ4n) is 1.79. The molecular weight excluding hydrogens is 240 g/mol. The number of hydrogen-bond acceptors (Lipinski definition) is 5. The summed E-state index contributed by atoms with van der Waals surface area (Å²) in [6.45, 7) is 2.42. The number of hydrazine groups is 1. The standard InChI is InChI=1S/C10H14N4O2S/c11-13-10(16)9-7(1-4-17-9)5-14-3-2-12-8(15)6-14/h1,4H,2-3,5-6,11H2,(H,12,15)(H,13,16). The number of carbonyl (C=O) groups is 2. The van der Waals surface area contributed by atoms with Gasteiger partial charge in [-0.2, -0.15) is 0 Å². The van der Waals surface area contributed by atoms with E-state index in [4.69, 9.17) is 5.84 Å². The Hall–Kier alpha value is -1.44. The van der Waals surface area contributed by atoms with Crippen molar-refractivity contribution >= 4 is 23.2 Å². The summed E-state index contributed by atoms with van der Waals surface area (Å²) in [5.41, 5.74) is 3.04. The van der Waals surface area contributed by atoms with Gasteiger partial charge in [-0.05, 0) is 17.0 Å². The first kappa shape index (κ1) is 12.0. The molecule has 0 unspecified atom stereocenters. The predicted molar refractivity (Wildman–Crippen MR) is 64.3 cm³/mol. The van der Waals surface area contributed by atoms with Crippen LogP contribution >= 0.6 is 11.3 Å². The summed E-state index contributed by atoms with van der Waals surface area (Å²) in [5, 5.41) is 4.61. The zero-order valence-electron chi connectivity index (χ0n) is 9.23. The number of rotatable bonds is 3. The van der Waals surface area contributed by atoms with Crippen LogP contribution in [0.15, 0.2) is 11.4 Å². The van der Waals surface area contributed by atoms with Gasteiger partial charge in [0.05, 0.1) is 11.4 Å². The first-order valence-electron chi connectivity index (χ1n) is 5.27. The van der Waals surface area contributed by atoms with E-state index < -0.39 is 0 Å². The number of carbonyl (C=O) groups excluding carboxylic acids is 2. The summed E-state index contributed by atoms with van der Waals surface area (Å²) < 4.78 is 0. The van der Waals surface area contributed by atoms with Crippen molar-refractivity contribution in [2.75, 3.05) is 19.6 Å². The van der Waals surface area contributed by atoms with Crippen LogP contribution in [0.1, 0.15) is 15.2 Å². The molecule has 1 aliphatic heterocycles. The van der Waals surface area contributed by atoms with Crippen molar-refractivity contribution in [3.8, 4) is 0 Å². The molecule has 1 saturated heterocycles. The Morgan fingerprint density at radius 2 is 2.47 bits per heavy atom. The number of nitrogen functional groups attached to an aromatic ring is 1. The Bertz CT molecular complexity index is 432. The number of piperazine rings is 1. The minimum atomic E-state index is -0.281. The van der Waals surface area contributed by atoms with E-state index in [1.165, 1.54) is 11.3 Å². The van der Waals surface area contributed by atoms with Crippen LogP contribution in [0, 0.1) is 0 Å². The van der Waals surface area contributed by atoms with E-state index in [1.54, 1.807) is 0 Å². The van der Waals surface area contributed by atoms with Crippen molar-refractivity contribution in [2.45, 2.75) is 6.54 Å². The Morgan fingerprint density at radius 3 is 3.18 bits per heavy atom. The second-order valence-electron chi connectivity index (χ2n) is 3.81. The van der Waals surface area contributed by atoms with Gasteiger partial charge in [-0.1, -0.05) is 0 Å². The molecule has 7 heteroatoms. The lowest BCUT2D eigenvalue weighted by Crippen LogP contribution is -2.47. The molecule has 6 nitrogen and oxygen atoms in total. The molecule has 1 aromatic heterocycles. The summed E-state index contributed by atoms with van der Waals surface area (Å²) in [7, 11) is 0. The maximum Gasteiger partial charge on any atom is 0.275 e. The van der Waals surface area contributed by atoms with Crippen LogP contribution in [0.2, 0.25) is 0 Å². The predicted octanol–water partition coefficient (Wildman–Crippen LogP) is -0.717. The molecule has 92 valence electrons. The van der Waals surface area contributed by atoms with Gasteiger partial charge in [0.25, 0.3) is 5.91 Å². The van der Waals surface area contributed by atoms with E-state index >= 15 is 0 Å². The number of nitrogens with zero attached hydrogens (tertiary/aromatic N) is 1. The Kier molecular flexibility index (Phi) is 3.72. The van der Waals surface area contributed by atoms with Crippen LogP contribution in [0.25, 0.3) is 0 Å². The van der Waals surface area contributed by atoms with Crippen molar-refractivity contribution in [2.24, 2.45) is 5.84 Å². The van der Waals surface area contributed by atoms with Gasteiger partial charge in [-0.15, -0.1) is 11.3 Å². The van der Waals surface area contributed by atoms with Gasteiger partial charge in [0.15, 0.2) is 0 Å². The molecule has 2 rings (SSSR count). The average Bonchev–Trinajstić information content (AvgIpc) is 2.76. The minimum Gasteiger partial charge on any atom is -0.354 e. The highest BCUT2D eigenvalue weighted by atomic mass is 32.1. The number of amides is 2. The second-order valence-corrected chi connectivity index (χ2v) is 4.73. The first-order valence-corrected chi connectivity index (χ1v) is 6.15. The highest BCUT2D eigenvalue weighted by molar-refractivity contribution is 7.12. The number of hydrogen-bond donors (Lipinski definition) is 3. The highest BCUT2D eigenvalue weighted by Gasteiger charge is 2.19. The lowest BCUT2D eigenvalue weighted by atomic mass is 10.2. The van der Waals surface area contributed by atoms with Crippen molar-refractivity contribution < 1.29 is 9.59 Å². The Balaban J connectivity index is 2.05. The molecule has 0 atom stereocenters. The number of nitrogens with one attached hydrogen (secondary N) is 2. The smallest absolute Gasteiger partial charge is 0.275 e. The summed E-state index contributed by atoms with van der Waals surface area (Å²) in [6.07, 6.45) is 0. The molecule has 1 aromatic rings. The largest absolute Gasteiger partial charge is 0.354 e. The monoisotopic (exact) mass is 254 g/mol. The summed E-state index contributed by atoms with van der Waals surface area (Å²) in [6, 6.07) is 1.89. The van der Waals surface area contributed by atoms with Gasteiger partial charge in [0, 0.05) is 19.6 Å². The third-order valence-electron chi connectivity index (χ3n) is 2.60. The molecule has 0 aromatic carbocycles. The van der Waals surface area contributed by atoms with E-state index in [0.717, 1.165) is 12.1 Å². The van der Waals surface area contributed by atoms with Crippen molar-refractivity contribution in [3.05, 3.63) is 21.9 Å². The summed E-state index contributed by atoms with van der Waals surface area (Å²) in [4.78, 5) is 25.3. The fourth-order valence-corrected chi connectivity index (χ4v) is 2.61. The van der Waals surface area contributed by atoms with Crippen molar-refractivity contribution in [1.29, 1.82) is 0 Å². The molecule has 0 saturated carbocycles. The van der Waals surface area contributed by atoms with E-state index in [9.17, 15) is 9.59 Å². The highest BCUT2D eigenvalue weighted by Crippen LogP contribution is 2.18. The first-order chi connectivity index (χ1) is 8.20. The zero-order chi connectivity index (χ0) is 12.3. The lowest BCUT2D eigenvalue weighted by molar-refractivity contribution is -0.124. The van der Waals surface area contributed by atoms with Gasteiger partial charge < -0.3 is 5.32 Å². The molecule has 17 heavy (non-hydrogen) atoms. The maximum absolute atomic E-state index is 11.5. The Labute approximate surface area is 103 Å². The molecule has 4 N–H and O–H groups in total. The molecule has 2 heterocycles. The molecule has 0 radical (unpaired) electrons. The third-order valence-corrected chi connectivity index (χ3v) is 3.55. The maximum atomic E-state index is 11.5. The van der Waals surface area contributed by atoms with Gasteiger partial charge in [0.1, 0.15) is 0 Å². The SMILES string of the molecule is NNC(=O)c1sccc1CN1CCNC(=O)C1. The van der Waals surface area contributed by atoms with E-state index in [-0.39, 0.29) is 11.8 Å². The van der Waals surface area contributed by atoms with Crippen molar-refractivity contribution in [1.82, 2.24) is 15.6 Å². The summed E-state index contributed by atoms with van der Waals surface area (Å²) in [5.74, 6) is 4.86. The van der Waals surface area contributed by atoms with Gasteiger partial charge >= 0.3 is 0 Å². The molecule has 0 bridgehead atoms. The third kappa shape index (κ3) is 2.82. The van der Waals surface area contributed by atoms with Crippen LogP contribution < -0.4 is 16.6 Å². The van der Waals surface area contributed by atoms with Crippen LogP contribution in [0.3, 0.4) is 0 Å². The van der Waals surface area contributed by atoms with Gasteiger partial charge in [-0.25, -0.2) is 5.84 Å². The molecule has 1 fully saturated rings. The van der Waals surface area contributed by atoms with Crippen LogP contribution in [-0.4, -0.2) is 36.3 Å². The normalized spacial score (nSPS) is 16.6. The van der Waals surface area contributed by atoms with E-state index in [2.05, 4.69) is 10.7 Å². The molecular formula is C10H14N4O2S. The quantitative estimate of drug-likeness (QED) is 0.377. The van der Waals surface area contributed by atoms with Crippen LogP contribution in [0.5, 0.6) is 0 Å². The van der Waals surface area contributed by atoms with Crippen LogP contribution in [0.4, 0.5) is 0 Å².